The minimum atomic E-state index is -1.77. The molecule has 0 radical (unpaired) electrons. The fourth-order valence-electron chi connectivity index (χ4n) is 7.75. The van der Waals surface area contributed by atoms with Crippen LogP contribution in [0.3, 0.4) is 0 Å². The summed E-state index contributed by atoms with van der Waals surface area (Å²) in [6.45, 7) is 10.2. The molecule has 40 heavy (non-hydrogen) atoms. The third kappa shape index (κ3) is 5.03. The highest BCUT2D eigenvalue weighted by atomic mass is 16.6. The van der Waals surface area contributed by atoms with E-state index in [2.05, 4.69) is 0 Å². The van der Waals surface area contributed by atoms with Crippen LogP contribution in [0.1, 0.15) is 68.2 Å². The van der Waals surface area contributed by atoms with E-state index in [4.69, 9.17) is 18.9 Å². The maximum absolute atomic E-state index is 12.5. The van der Waals surface area contributed by atoms with Crippen molar-refractivity contribution >= 4 is 23.9 Å². The zero-order valence-corrected chi connectivity index (χ0v) is 24.3. The molecule has 12 heteroatoms. The second-order valence-electron chi connectivity index (χ2n) is 12.1. The van der Waals surface area contributed by atoms with Crippen LogP contribution in [0.15, 0.2) is 11.1 Å². The number of carbonyl (C=O) groups excluding carboxylic acids is 4. The van der Waals surface area contributed by atoms with Gasteiger partial charge in [-0.1, -0.05) is 6.92 Å². The summed E-state index contributed by atoms with van der Waals surface area (Å²) >= 11 is 0. The Morgan fingerprint density at radius 1 is 0.925 bits per heavy atom. The van der Waals surface area contributed by atoms with Gasteiger partial charge in [0.25, 0.3) is 0 Å². The number of rotatable bonds is 6. The Bertz CT molecular complexity index is 1080. The monoisotopic (exact) mass is 570 g/mol. The normalized spacial score (nSPS) is 39.4. The van der Waals surface area contributed by atoms with Gasteiger partial charge in [-0.25, -0.2) is 0 Å². The number of ether oxygens (including phenoxy) is 4. The molecule has 2 fully saturated rings. The van der Waals surface area contributed by atoms with Crippen molar-refractivity contribution in [2.45, 2.75) is 110 Å². The van der Waals surface area contributed by atoms with Crippen LogP contribution in [0.2, 0.25) is 0 Å². The van der Waals surface area contributed by atoms with Crippen molar-refractivity contribution in [3.63, 3.8) is 0 Å². The van der Waals surface area contributed by atoms with Crippen molar-refractivity contribution in [1.82, 2.24) is 0 Å². The number of hydrogen-bond acceptors (Lipinski definition) is 12. The zero-order chi connectivity index (χ0) is 30.5. The number of hydrogen-bond donors (Lipinski definition) is 4. The largest absolute Gasteiger partial charge is 0.462 e. The van der Waals surface area contributed by atoms with Crippen LogP contribution in [0.4, 0.5) is 0 Å². The van der Waals surface area contributed by atoms with E-state index in [1.165, 1.54) is 34.6 Å². The van der Waals surface area contributed by atoms with Crippen LogP contribution >= 0.6 is 0 Å². The number of carbonyl (C=O) groups is 4. The summed E-state index contributed by atoms with van der Waals surface area (Å²) in [5, 5.41) is 46.9. The third-order valence-electron chi connectivity index (χ3n) is 9.26. The van der Waals surface area contributed by atoms with Crippen LogP contribution in [0.5, 0.6) is 0 Å². The van der Waals surface area contributed by atoms with Gasteiger partial charge in [0.05, 0.1) is 22.5 Å². The highest BCUT2D eigenvalue weighted by molar-refractivity contribution is 5.68. The molecule has 10 atom stereocenters. The summed E-state index contributed by atoms with van der Waals surface area (Å²) in [5.41, 5.74) is -4.51. The Morgan fingerprint density at radius 2 is 1.45 bits per heavy atom. The van der Waals surface area contributed by atoms with Gasteiger partial charge >= 0.3 is 23.9 Å². The summed E-state index contributed by atoms with van der Waals surface area (Å²) in [6, 6.07) is 0. The molecule has 3 rings (SSSR count). The number of aliphatic hydroxyl groups is 4. The molecule has 0 aromatic heterocycles. The SMILES string of the molecule is CC(=O)OC1CC2(C(C)(C)O)C(=C1C)C(O)C(OC(C)=O)C1(C)C(OC(C)=O)CC(OC(C)=O)C(CO)C1C2O. The number of esters is 4. The molecule has 10 unspecified atom stereocenters. The molecule has 0 saturated heterocycles. The molecule has 12 nitrogen and oxygen atoms in total. The molecule has 0 bridgehead atoms. The maximum atomic E-state index is 12.5. The molecule has 0 heterocycles. The van der Waals surface area contributed by atoms with E-state index in [1.807, 2.05) is 0 Å². The lowest BCUT2D eigenvalue weighted by Crippen LogP contribution is -2.66. The highest BCUT2D eigenvalue weighted by Gasteiger charge is 2.73. The van der Waals surface area contributed by atoms with Crippen molar-refractivity contribution in [3.05, 3.63) is 11.1 Å². The fraction of sp³-hybridized carbons (Fsp3) is 0.786. The van der Waals surface area contributed by atoms with E-state index in [-0.39, 0.29) is 18.4 Å². The van der Waals surface area contributed by atoms with Gasteiger partial charge in [0.15, 0.2) is 0 Å². The molecule has 0 aliphatic heterocycles. The summed E-state index contributed by atoms with van der Waals surface area (Å²) in [5.74, 6) is -4.93. The fourth-order valence-corrected chi connectivity index (χ4v) is 7.75. The van der Waals surface area contributed by atoms with Crippen molar-refractivity contribution in [2.24, 2.45) is 22.7 Å². The summed E-state index contributed by atoms with van der Waals surface area (Å²) in [6.07, 6.45) is -8.08. The molecule has 4 N–H and O–H groups in total. The van der Waals surface area contributed by atoms with Gasteiger partial charge in [0, 0.05) is 59.0 Å². The second kappa shape index (κ2) is 11.0. The number of fused-ring (bicyclic) bond motifs is 2. The van der Waals surface area contributed by atoms with Crippen molar-refractivity contribution in [3.8, 4) is 0 Å². The predicted octanol–water partition coefficient (Wildman–Crippen LogP) is 0.561. The van der Waals surface area contributed by atoms with E-state index in [0.717, 1.165) is 6.92 Å². The highest BCUT2D eigenvalue weighted by Crippen LogP contribution is 2.65. The van der Waals surface area contributed by atoms with Gasteiger partial charge in [0.2, 0.25) is 0 Å². The van der Waals surface area contributed by atoms with E-state index >= 15 is 0 Å². The molecular formula is C28H42O12. The lowest BCUT2D eigenvalue weighted by atomic mass is 9.52. The van der Waals surface area contributed by atoms with E-state index in [9.17, 15) is 39.6 Å². The smallest absolute Gasteiger partial charge is 0.303 e. The predicted molar refractivity (Wildman–Crippen MR) is 137 cm³/mol. The summed E-state index contributed by atoms with van der Waals surface area (Å²) in [4.78, 5) is 48.8. The molecule has 2 saturated carbocycles. The molecule has 3 aliphatic rings. The Hall–Kier alpha value is -2.54. The summed E-state index contributed by atoms with van der Waals surface area (Å²) < 4.78 is 22.5. The first-order valence-corrected chi connectivity index (χ1v) is 13.4. The molecule has 226 valence electrons. The van der Waals surface area contributed by atoms with E-state index < -0.39 is 95.4 Å². The van der Waals surface area contributed by atoms with Gasteiger partial charge in [0.1, 0.15) is 30.5 Å². The standard InChI is InChI=1S/C28H42O12/c1-12-19(38-14(3)31)10-28(26(6,7)36)21(12)23(34)25(40-16(5)33)27(8)20(39-15(4)32)9-18(37-13(2)30)17(11-29)22(27)24(28)35/h17-20,22-25,29,34-36H,9-11H2,1-8H3. The van der Waals surface area contributed by atoms with Gasteiger partial charge in [-0.15, -0.1) is 0 Å². The van der Waals surface area contributed by atoms with Gasteiger partial charge < -0.3 is 39.4 Å². The maximum Gasteiger partial charge on any atom is 0.303 e. The average molecular weight is 571 g/mol. The Labute approximate surface area is 233 Å². The van der Waals surface area contributed by atoms with Crippen LogP contribution in [0, 0.1) is 22.7 Å². The Balaban J connectivity index is 2.44. The van der Waals surface area contributed by atoms with Crippen molar-refractivity contribution in [2.75, 3.05) is 6.61 Å². The van der Waals surface area contributed by atoms with Crippen LogP contribution in [-0.4, -0.2) is 93.1 Å². The summed E-state index contributed by atoms with van der Waals surface area (Å²) in [7, 11) is 0. The van der Waals surface area contributed by atoms with Crippen LogP contribution < -0.4 is 0 Å². The lowest BCUT2D eigenvalue weighted by Gasteiger charge is -2.57. The molecule has 0 amide bonds. The van der Waals surface area contributed by atoms with Gasteiger partial charge in [-0.05, 0) is 31.9 Å². The van der Waals surface area contributed by atoms with Crippen molar-refractivity contribution in [1.29, 1.82) is 0 Å². The van der Waals surface area contributed by atoms with Gasteiger partial charge in [-0.2, -0.15) is 0 Å². The molecule has 0 aromatic rings. The first-order valence-electron chi connectivity index (χ1n) is 13.4. The van der Waals surface area contributed by atoms with Gasteiger partial charge in [-0.3, -0.25) is 19.2 Å². The Morgan fingerprint density at radius 3 is 1.90 bits per heavy atom. The molecule has 0 aromatic carbocycles. The number of aliphatic hydroxyl groups excluding tert-OH is 3. The van der Waals surface area contributed by atoms with E-state index in [0.29, 0.717) is 5.57 Å². The third-order valence-corrected chi connectivity index (χ3v) is 9.26. The molecule has 3 aliphatic carbocycles. The van der Waals surface area contributed by atoms with E-state index in [1.54, 1.807) is 13.8 Å². The lowest BCUT2D eigenvalue weighted by molar-refractivity contribution is -0.242. The minimum absolute atomic E-state index is 0.113. The topological polar surface area (TPSA) is 186 Å². The van der Waals surface area contributed by atoms with Crippen molar-refractivity contribution < 1.29 is 58.6 Å². The second-order valence-corrected chi connectivity index (χ2v) is 12.1. The first-order chi connectivity index (χ1) is 18.3. The molecular weight excluding hydrogens is 528 g/mol. The zero-order valence-electron chi connectivity index (χ0n) is 24.3. The molecule has 0 spiro atoms. The Kier molecular flexibility index (Phi) is 8.82. The first kappa shape index (κ1) is 32.0. The van der Waals surface area contributed by atoms with Crippen LogP contribution in [0.25, 0.3) is 0 Å². The van der Waals surface area contributed by atoms with Crippen LogP contribution in [-0.2, 0) is 38.1 Å². The minimum Gasteiger partial charge on any atom is -0.462 e. The average Bonchev–Trinajstić information content (AvgIpc) is 3.07. The quantitative estimate of drug-likeness (QED) is 0.198.